The van der Waals surface area contributed by atoms with Crippen molar-refractivity contribution in [3.05, 3.63) is 64.4 Å². The first-order valence-corrected chi connectivity index (χ1v) is 8.14. The molecule has 0 atom stereocenters. The fraction of sp³-hybridized carbons (Fsp3) is 0.333. The number of carbonyl (C=O) groups excluding carboxylic acids is 1. The summed E-state index contributed by atoms with van der Waals surface area (Å²) in [6.45, 7) is 7.92. The number of halogens is 1. The third-order valence-electron chi connectivity index (χ3n) is 2.54. The summed E-state index contributed by atoms with van der Waals surface area (Å²) in [4.78, 5) is 15.5. The number of pyridine rings is 1. The van der Waals surface area contributed by atoms with Crippen LogP contribution < -0.4 is 5.32 Å². The van der Waals surface area contributed by atoms with Crippen molar-refractivity contribution < 1.29 is 9.53 Å². The Morgan fingerprint density at radius 2 is 1.83 bits per heavy atom. The van der Waals surface area contributed by atoms with Crippen LogP contribution in [0.15, 0.2) is 53.1 Å². The van der Waals surface area contributed by atoms with Crippen LogP contribution >= 0.6 is 15.9 Å². The highest BCUT2D eigenvalue weighted by Crippen LogP contribution is 2.08. The SMILES string of the molecule is CC(C)(C)OC(=O)NCc1ccc(Br)cn1.Cc1ccccc1. The fourth-order valence-corrected chi connectivity index (χ4v) is 1.76. The van der Waals surface area contributed by atoms with E-state index in [1.807, 2.05) is 51.1 Å². The van der Waals surface area contributed by atoms with Crippen molar-refractivity contribution in [3.8, 4) is 0 Å². The highest BCUT2D eigenvalue weighted by Gasteiger charge is 2.15. The fourth-order valence-electron chi connectivity index (χ4n) is 1.52. The highest BCUT2D eigenvalue weighted by molar-refractivity contribution is 9.10. The Morgan fingerprint density at radius 1 is 1.17 bits per heavy atom. The number of hydrogen-bond donors (Lipinski definition) is 1. The quantitative estimate of drug-likeness (QED) is 0.811. The number of aryl methyl sites for hydroxylation is 1. The number of aromatic nitrogens is 1. The molecule has 1 amide bonds. The summed E-state index contributed by atoms with van der Waals surface area (Å²) in [5.74, 6) is 0. The van der Waals surface area contributed by atoms with Crippen LogP contribution in [-0.4, -0.2) is 16.7 Å². The summed E-state index contributed by atoms with van der Waals surface area (Å²) in [7, 11) is 0. The third kappa shape index (κ3) is 9.68. The molecule has 0 radical (unpaired) electrons. The van der Waals surface area contributed by atoms with E-state index in [0.717, 1.165) is 10.2 Å². The smallest absolute Gasteiger partial charge is 0.407 e. The Morgan fingerprint density at radius 3 is 2.26 bits per heavy atom. The van der Waals surface area contributed by atoms with Crippen LogP contribution in [0.4, 0.5) is 4.79 Å². The molecular formula is C18H23BrN2O2. The minimum atomic E-state index is -0.475. The number of carbonyl (C=O) groups is 1. The van der Waals surface area contributed by atoms with Gasteiger partial charge in [-0.25, -0.2) is 4.79 Å². The molecule has 0 saturated carbocycles. The van der Waals surface area contributed by atoms with Crippen molar-refractivity contribution in [2.24, 2.45) is 0 Å². The molecule has 124 valence electrons. The molecule has 2 aromatic rings. The zero-order chi connectivity index (χ0) is 17.3. The van der Waals surface area contributed by atoms with E-state index in [1.54, 1.807) is 6.20 Å². The van der Waals surface area contributed by atoms with Gasteiger partial charge in [0.05, 0.1) is 12.2 Å². The van der Waals surface area contributed by atoms with Gasteiger partial charge in [-0.2, -0.15) is 0 Å². The van der Waals surface area contributed by atoms with Crippen molar-refractivity contribution in [2.45, 2.75) is 39.8 Å². The minimum Gasteiger partial charge on any atom is -0.444 e. The third-order valence-corrected chi connectivity index (χ3v) is 3.01. The van der Waals surface area contributed by atoms with Gasteiger partial charge in [-0.3, -0.25) is 4.98 Å². The standard InChI is InChI=1S/C11H15BrN2O2.C7H8/c1-11(2,3)16-10(15)14-7-9-5-4-8(12)6-13-9;1-7-5-3-2-4-6-7/h4-6H,7H2,1-3H3,(H,14,15);2-6H,1H3. The first-order valence-electron chi connectivity index (χ1n) is 7.35. The molecule has 1 aromatic heterocycles. The number of hydrogen-bond acceptors (Lipinski definition) is 3. The average molecular weight is 379 g/mol. The molecule has 4 nitrogen and oxygen atoms in total. The Balaban J connectivity index is 0.000000313. The van der Waals surface area contributed by atoms with Gasteiger partial charge in [-0.15, -0.1) is 0 Å². The van der Waals surface area contributed by atoms with Crippen LogP contribution in [0.1, 0.15) is 32.0 Å². The molecule has 5 heteroatoms. The maximum absolute atomic E-state index is 11.3. The van der Waals surface area contributed by atoms with E-state index in [4.69, 9.17) is 4.74 Å². The largest absolute Gasteiger partial charge is 0.444 e. The van der Waals surface area contributed by atoms with Gasteiger partial charge in [0.2, 0.25) is 0 Å². The average Bonchev–Trinajstić information content (AvgIpc) is 2.46. The van der Waals surface area contributed by atoms with Gasteiger partial charge < -0.3 is 10.1 Å². The second-order valence-corrected chi connectivity index (χ2v) is 6.89. The summed E-state index contributed by atoms with van der Waals surface area (Å²) in [5.41, 5.74) is 1.63. The summed E-state index contributed by atoms with van der Waals surface area (Å²) in [6, 6.07) is 14.0. The molecule has 2 rings (SSSR count). The number of ether oxygens (including phenoxy) is 1. The Bertz CT molecular complexity index is 593. The molecule has 23 heavy (non-hydrogen) atoms. The first kappa shape index (κ1) is 19.2. The van der Waals surface area contributed by atoms with Gasteiger partial charge in [0.15, 0.2) is 0 Å². The molecule has 0 bridgehead atoms. The molecule has 1 heterocycles. The maximum atomic E-state index is 11.3. The number of rotatable bonds is 2. The molecule has 0 spiro atoms. The van der Waals surface area contributed by atoms with E-state index in [-0.39, 0.29) is 0 Å². The lowest BCUT2D eigenvalue weighted by molar-refractivity contribution is 0.0523. The van der Waals surface area contributed by atoms with Crippen LogP contribution in [0, 0.1) is 6.92 Å². The molecular weight excluding hydrogens is 356 g/mol. The molecule has 0 aliphatic heterocycles. The summed E-state index contributed by atoms with van der Waals surface area (Å²) in [5, 5.41) is 2.64. The zero-order valence-corrected chi connectivity index (χ0v) is 15.6. The molecule has 0 aliphatic rings. The van der Waals surface area contributed by atoms with Gasteiger partial charge in [0, 0.05) is 10.7 Å². The molecule has 0 saturated heterocycles. The molecule has 0 aliphatic carbocycles. The van der Waals surface area contributed by atoms with Crippen LogP contribution in [0.3, 0.4) is 0 Å². The van der Waals surface area contributed by atoms with Crippen LogP contribution in [0.25, 0.3) is 0 Å². The molecule has 1 aromatic carbocycles. The van der Waals surface area contributed by atoms with Crippen molar-refractivity contribution in [1.82, 2.24) is 10.3 Å². The van der Waals surface area contributed by atoms with Gasteiger partial charge in [0.25, 0.3) is 0 Å². The zero-order valence-electron chi connectivity index (χ0n) is 14.0. The maximum Gasteiger partial charge on any atom is 0.407 e. The van der Waals surface area contributed by atoms with E-state index in [0.29, 0.717) is 6.54 Å². The number of nitrogens with one attached hydrogen (secondary N) is 1. The minimum absolute atomic E-state index is 0.363. The highest BCUT2D eigenvalue weighted by atomic mass is 79.9. The Labute approximate surface area is 146 Å². The summed E-state index contributed by atoms with van der Waals surface area (Å²) >= 11 is 3.29. The van der Waals surface area contributed by atoms with Crippen molar-refractivity contribution >= 4 is 22.0 Å². The first-order chi connectivity index (χ1) is 10.8. The topological polar surface area (TPSA) is 51.2 Å². The number of nitrogens with zero attached hydrogens (tertiary/aromatic N) is 1. The van der Waals surface area contributed by atoms with Crippen molar-refractivity contribution in [3.63, 3.8) is 0 Å². The predicted molar refractivity (Wildman–Crippen MR) is 96.2 cm³/mol. The monoisotopic (exact) mass is 378 g/mol. The lowest BCUT2D eigenvalue weighted by atomic mass is 10.2. The lowest BCUT2D eigenvalue weighted by Gasteiger charge is -2.19. The number of benzene rings is 1. The summed E-state index contributed by atoms with van der Waals surface area (Å²) < 4.78 is 6.01. The van der Waals surface area contributed by atoms with Crippen molar-refractivity contribution in [1.29, 1.82) is 0 Å². The molecule has 1 N–H and O–H groups in total. The van der Waals surface area contributed by atoms with Gasteiger partial charge >= 0.3 is 6.09 Å². The lowest BCUT2D eigenvalue weighted by Crippen LogP contribution is -2.32. The van der Waals surface area contributed by atoms with E-state index >= 15 is 0 Å². The predicted octanol–water partition coefficient (Wildman–Crippen LogP) is 4.86. The van der Waals surface area contributed by atoms with E-state index in [1.165, 1.54) is 5.56 Å². The number of alkyl carbamates (subject to hydrolysis) is 1. The van der Waals surface area contributed by atoms with Gasteiger partial charge in [-0.05, 0) is 55.8 Å². The van der Waals surface area contributed by atoms with Crippen LogP contribution in [-0.2, 0) is 11.3 Å². The van der Waals surface area contributed by atoms with Crippen molar-refractivity contribution in [2.75, 3.05) is 0 Å². The normalized spacial score (nSPS) is 10.3. The van der Waals surface area contributed by atoms with Crippen LogP contribution in [0.2, 0.25) is 0 Å². The van der Waals surface area contributed by atoms with Gasteiger partial charge in [0.1, 0.15) is 5.60 Å². The van der Waals surface area contributed by atoms with E-state index in [9.17, 15) is 4.79 Å². The van der Waals surface area contributed by atoms with Crippen LogP contribution in [0.5, 0.6) is 0 Å². The van der Waals surface area contributed by atoms with Gasteiger partial charge in [-0.1, -0.05) is 35.9 Å². The Hall–Kier alpha value is -1.88. The number of amides is 1. The van der Waals surface area contributed by atoms with E-state index < -0.39 is 11.7 Å². The summed E-state index contributed by atoms with van der Waals surface area (Å²) in [6.07, 6.45) is 1.25. The second kappa shape index (κ2) is 9.30. The Kier molecular flexibility index (Phi) is 7.75. The van der Waals surface area contributed by atoms with E-state index in [2.05, 4.69) is 45.3 Å². The molecule has 0 fully saturated rings. The molecule has 0 unspecified atom stereocenters. The second-order valence-electron chi connectivity index (χ2n) is 5.98.